The van der Waals surface area contributed by atoms with Gasteiger partial charge in [-0.05, 0) is 19.1 Å². The molecule has 0 spiro atoms. The monoisotopic (exact) mass is 222 g/mol. The fourth-order valence-electron chi connectivity index (χ4n) is 1.14. The molecule has 15 heavy (non-hydrogen) atoms. The molecule has 0 aliphatic carbocycles. The van der Waals surface area contributed by atoms with Crippen molar-refractivity contribution in [1.82, 2.24) is 0 Å². The molecule has 0 aromatic heterocycles. The molecule has 1 aromatic carbocycles. The van der Waals surface area contributed by atoms with Crippen molar-refractivity contribution in [3.8, 4) is 5.75 Å². The summed E-state index contributed by atoms with van der Waals surface area (Å²) in [6, 6.07) is 3.67. The molecule has 0 aliphatic rings. The molecular weight excluding hydrogens is 212 g/mol. The van der Waals surface area contributed by atoms with Crippen LogP contribution < -0.4 is 4.74 Å². The maximum atomic E-state index is 12.5. The second kappa shape index (κ2) is 4.51. The topological polar surface area (TPSA) is 9.23 Å². The summed E-state index contributed by atoms with van der Waals surface area (Å²) in [5, 5.41) is 0. The highest BCUT2D eigenvalue weighted by atomic mass is 19.4. The summed E-state index contributed by atoms with van der Waals surface area (Å²) in [5.41, 5.74) is -0.383. The highest BCUT2D eigenvalue weighted by Crippen LogP contribution is 2.36. The first-order valence-corrected chi connectivity index (χ1v) is 4.32. The van der Waals surface area contributed by atoms with Crippen molar-refractivity contribution in [2.75, 3.05) is 13.3 Å². The lowest BCUT2D eigenvalue weighted by Crippen LogP contribution is -2.10. The van der Waals surface area contributed by atoms with Crippen molar-refractivity contribution in [3.63, 3.8) is 0 Å². The van der Waals surface area contributed by atoms with Gasteiger partial charge in [0.2, 0.25) is 0 Å². The second-order valence-electron chi connectivity index (χ2n) is 3.03. The van der Waals surface area contributed by atoms with E-state index in [1.807, 2.05) is 0 Å². The zero-order valence-corrected chi connectivity index (χ0v) is 8.07. The largest absolute Gasteiger partial charge is 0.490 e. The van der Waals surface area contributed by atoms with Gasteiger partial charge in [-0.25, -0.2) is 4.39 Å². The van der Waals surface area contributed by atoms with E-state index in [0.29, 0.717) is 5.56 Å². The van der Waals surface area contributed by atoms with E-state index in [-0.39, 0.29) is 12.4 Å². The van der Waals surface area contributed by atoms with Crippen LogP contribution >= 0.6 is 0 Å². The van der Waals surface area contributed by atoms with Crippen molar-refractivity contribution in [2.45, 2.75) is 13.1 Å². The third kappa shape index (κ3) is 3.11. The molecule has 0 aliphatic heterocycles. The minimum atomic E-state index is -4.47. The molecule has 0 radical (unpaired) electrons. The molecule has 84 valence electrons. The Kier molecular flexibility index (Phi) is 3.55. The summed E-state index contributed by atoms with van der Waals surface area (Å²) >= 11 is 0. The van der Waals surface area contributed by atoms with Crippen LogP contribution in [0.5, 0.6) is 5.75 Å². The van der Waals surface area contributed by atoms with Gasteiger partial charge < -0.3 is 4.74 Å². The number of rotatable bonds is 3. The number of aryl methyl sites for hydroxylation is 1. The third-order valence-electron chi connectivity index (χ3n) is 1.78. The number of hydrogen-bond acceptors (Lipinski definition) is 1. The fraction of sp³-hybridized carbons (Fsp3) is 0.400. The van der Waals surface area contributed by atoms with Crippen LogP contribution in [-0.4, -0.2) is 13.3 Å². The Labute approximate surface area is 84.7 Å². The van der Waals surface area contributed by atoms with Gasteiger partial charge in [-0.1, -0.05) is 11.6 Å². The molecule has 0 saturated heterocycles. The highest BCUT2D eigenvalue weighted by Gasteiger charge is 2.34. The Bertz CT molecular complexity index is 333. The molecule has 1 nitrogen and oxygen atoms in total. The minimum absolute atomic E-state index is 0.328. The van der Waals surface area contributed by atoms with E-state index in [0.717, 1.165) is 6.07 Å². The van der Waals surface area contributed by atoms with Gasteiger partial charge >= 0.3 is 6.18 Å². The fourth-order valence-corrected chi connectivity index (χ4v) is 1.14. The van der Waals surface area contributed by atoms with Crippen molar-refractivity contribution in [1.29, 1.82) is 0 Å². The van der Waals surface area contributed by atoms with E-state index in [4.69, 9.17) is 0 Å². The van der Waals surface area contributed by atoms with Crippen LogP contribution in [0.4, 0.5) is 17.6 Å². The predicted octanol–water partition coefficient (Wildman–Crippen LogP) is 3.36. The maximum Gasteiger partial charge on any atom is 0.419 e. The van der Waals surface area contributed by atoms with E-state index >= 15 is 0 Å². The summed E-state index contributed by atoms with van der Waals surface area (Å²) < 4.78 is 53.9. The number of hydrogen-bond donors (Lipinski definition) is 0. The molecule has 0 fully saturated rings. The van der Waals surface area contributed by atoms with E-state index < -0.39 is 18.4 Å². The standard InChI is InChI=1S/C10H10F4O/c1-7-2-3-9(15-5-4-11)8(6-7)10(12,13)14/h2-3,6H,4-5H2,1H3. The van der Waals surface area contributed by atoms with Gasteiger partial charge in [0.1, 0.15) is 19.0 Å². The first kappa shape index (κ1) is 11.8. The molecule has 0 atom stereocenters. The van der Waals surface area contributed by atoms with Crippen LogP contribution in [0.2, 0.25) is 0 Å². The Morgan fingerprint density at radius 1 is 1.27 bits per heavy atom. The van der Waals surface area contributed by atoms with Crippen LogP contribution in [0, 0.1) is 6.92 Å². The van der Waals surface area contributed by atoms with Crippen molar-refractivity contribution >= 4 is 0 Å². The SMILES string of the molecule is Cc1ccc(OCCF)c(C(F)(F)F)c1. The van der Waals surface area contributed by atoms with Crippen LogP contribution in [0.25, 0.3) is 0 Å². The van der Waals surface area contributed by atoms with Crippen molar-refractivity contribution in [3.05, 3.63) is 29.3 Å². The Balaban J connectivity index is 3.04. The first-order chi connectivity index (χ1) is 6.95. The molecular formula is C10H10F4O. The number of benzene rings is 1. The summed E-state index contributed by atoms with van der Waals surface area (Å²) in [6.45, 7) is 0.367. The zero-order valence-electron chi connectivity index (χ0n) is 8.07. The van der Waals surface area contributed by atoms with Crippen molar-refractivity contribution in [2.24, 2.45) is 0 Å². The summed E-state index contributed by atoms with van der Waals surface area (Å²) in [5.74, 6) is -0.328. The van der Waals surface area contributed by atoms with E-state index in [2.05, 4.69) is 4.74 Å². The van der Waals surface area contributed by atoms with Gasteiger partial charge in [-0.3, -0.25) is 0 Å². The molecule has 1 aromatic rings. The molecule has 1 rings (SSSR count). The second-order valence-corrected chi connectivity index (χ2v) is 3.03. The Morgan fingerprint density at radius 2 is 1.93 bits per heavy atom. The van der Waals surface area contributed by atoms with Crippen LogP contribution in [-0.2, 0) is 6.18 Å². The van der Waals surface area contributed by atoms with E-state index in [9.17, 15) is 17.6 Å². The average molecular weight is 222 g/mol. The number of alkyl halides is 4. The van der Waals surface area contributed by atoms with Gasteiger partial charge in [0.05, 0.1) is 5.56 Å². The highest BCUT2D eigenvalue weighted by molar-refractivity contribution is 5.38. The smallest absolute Gasteiger partial charge is 0.419 e. The van der Waals surface area contributed by atoms with Gasteiger partial charge in [0.25, 0.3) is 0 Å². The normalized spacial score (nSPS) is 11.5. The molecule has 0 N–H and O–H groups in total. The van der Waals surface area contributed by atoms with Gasteiger partial charge in [-0.15, -0.1) is 0 Å². The van der Waals surface area contributed by atoms with E-state index in [1.54, 1.807) is 6.92 Å². The van der Waals surface area contributed by atoms with Crippen LogP contribution in [0.1, 0.15) is 11.1 Å². The quantitative estimate of drug-likeness (QED) is 0.712. The molecule has 0 heterocycles. The molecule has 0 bridgehead atoms. The Hall–Kier alpha value is -1.26. The summed E-state index contributed by atoms with van der Waals surface area (Å²) in [6.07, 6.45) is -4.47. The molecule has 5 heteroatoms. The molecule has 0 saturated carbocycles. The predicted molar refractivity (Wildman–Crippen MR) is 47.7 cm³/mol. The summed E-state index contributed by atoms with van der Waals surface area (Å²) in [4.78, 5) is 0. The minimum Gasteiger partial charge on any atom is -0.490 e. The number of ether oxygens (including phenoxy) is 1. The van der Waals surface area contributed by atoms with Crippen molar-refractivity contribution < 1.29 is 22.3 Å². The lowest BCUT2D eigenvalue weighted by molar-refractivity contribution is -0.139. The molecule has 0 unspecified atom stereocenters. The van der Waals surface area contributed by atoms with Gasteiger partial charge in [0.15, 0.2) is 0 Å². The van der Waals surface area contributed by atoms with E-state index in [1.165, 1.54) is 12.1 Å². The maximum absolute atomic E-state index is 12.5. The van der Waals surface area contributed by atoms with Crippen LogP contribution in [0.15, 0.2) is 18.2 Å². The van der Waals surface area contributed by atoms with Gasteiger partial charge in [0, 0.05) is 0 Å². The molecule has 0 amide bonds. The summed E-state index contributed by atoms with van der Waals surface area (Å²) in [7, 11) is 0. The Morgan fingerprint density at radius 3 is 2.47 bits per heavy atom. The third-order valence-corrected chi connectivity index (χ3v) is 1.78. The van der Waals surface area contributed by atoms with Crippen LogP contribution in [0.3, 0.4) is 0 Å². The zero-order chi connectivity index (χ0) is 11.5. The van der Waals surface area contributed by atoms with Gasteiger partial charge in [-0.2, -0.15) is 13.2 Å². The number of halogens is 4. The lowest BCUT2D eigenvalue weighted by Gasteiger charge is -2.13. The first-order valence-electron chi connectivity index (χ1n) is 4.32. The average Bonchev–Trinajstić information content (AvgIpc) is 2.14. The lowest BCUT2D eigenvalue weighted by atomic mass is 10.1.